The molecule has 0 aliphatic rings. The van der Waals surface area contributed by atoms with Crippen LogP contribution < -0.4 is 5.32 Å². The molecule has 0 aromatic rings. The van der Waals surface area contributed by atoms with Gasteiger partial charge in [0.25, 0.3) is 0 Å². The molecular weight excluding hydrogens is 102 g/mol. The third-order valence-corrected chi connectivity index (χ3v) is 0.691. The van der Waals surface area contributed by atoms with Gasteiger partial charge in [-0.25, -0.2) is 0 Å². The Morgan fingerprint density at radius 3 is 2.12 bits per heavy atom. The fraction of sp³-hybridized carbons (Fsp3) is 0.833. The van der Waals surface area contributed by atoms with E-state index in [-0.39, 0.29) is 5.41 Å². The summed E-state index contributed by atoms with van der Waals surface area (Å²) >= 11 is 0. The van der Waals surface area contributed by atoms with Crippen LogP contribution in [0.5, 0.6) is 0 Å². The van der Waals surface area contributed by atoms with Crippen LogP contribution in [0, 0.1) is 5.41 Å². The predicted octanol–water partition coefficient (Wildman–Crippen LogP) is 0.689. The number of nitrogens with one attached hydrogen (secondary N) is 1. The summed E-state index contributed by atoms with van der Waals surface area (Å²) in [6, 6.07) is 0. The maximum Gasteiger partial charge on any atom is 0.309 e. The van der Waals surface area contributed by atoms with E-state index in [2.05, 4.69) is 26.1 Å². The lowest BCUT2D eigenvalue weighted by molar-refractivity contribution is 0.401. The van der Waals surface area contributed by atoms with Crippen molar-refractivity contribution in [2.24, 2.45) is 5.41 Å². The number of rotatable bonds is 2. The van der Waals surface area contributed by atoms with Crippen molar-refractivity contribution in [1.29, 1.82) is 0 Å². The molecule has 0 spiro atoms. The lowest BCUT2D eigenvalue weighted by atomic mass is 9.97. The van der Waals surface area contributed by atoms with Crippen molar-refractivity contribution in [1.82, 2.24) is 5.32 Å². The van der Waals surface area contributed by atoms with Crippen molar-refractivity contribution in [3.8, 4) is 0 Å². The minimum absolute atomic E-state index is 0.178. The molecule has 0 saturated carbocycles. The summed E-state index contributed by atoms with van der Waals surface area (Å²) in [5, 5.41) is 2.48. The molecule has 0 saturated heterocycles. The smallest absolute Gasteiger partial charge is 0.309 e. The van der Waals surface area contributed by atoms with Gasteiger partial charge in [-0.3, -0.25) is 4.79 Å². The second kappa shape index (κ2) is 2.70. The van der Waals surface area contributed by atoms with Crippen LogP contribution in [0.2, 0.25) is 0 Å². The highest BCUT2D eigenvalue weighted by atomic mass is 16.1. The van der Waals surface area contributed by atoms with E-state index in [0.29, 0.717) is 6.54 Å². The van der Waals surface area contributed by atoms with Gasteiger partial charge in [-0.1, -0.05) is 20.8 Å². The van der Waals surface area contributed by atoms with Gasteiger partial charge in [0.1, 0.15) is 0 Å². The third-order valence-electron chi connectivity index (χ3n) is 0.691. The van der Waals surface area contributed by atoms with Gasteiger partial charge in [0.15, 0.2) is 0 Å². The van der Waals surface area contributed by atoms with Crippen LogP contribution in [0.1, 0.15) is 20.8 Å². The Morgan fingerprint density at radius 2 is 2.00 bits per heavy atom. The summed E-state index contributed by atoms with van der Waals surface area (Å²) in [7, 11) is 0. The monoisotopic (exact) mass is 114 g/mol. The summed E-state index contributed by atoms with van der Waals surface area (Å²) < 4.78 is 0. The third kappa shape index (κ3) is 5.47. The molecule has 1 amide bonds. The largest absolute Gasteiger partial charge is 0.347 e. The highest BCUT2D eigenvalue weighted by molar-refractivity contribution is 5.46. The van der Waals surface area contributed by atoms with E-state index < -0.39 is 0 Å². The van der Waals surface area contributed by atoms with Gasteiger partial charge in [0.05, 0.1) is 0 Å². The molecule has 0 aliphatic carbocycles. The van der Waals surface area contributed by atoms with Gasteiger partial charge < -0.3 is 5.32 Å². The number of amides is 1. The summed E-state index contributed by atoms with van der Waals surface area (Å²) in [6.45, 7) is 6.85. The molecule has 0 bridgehead atoms. The Labute approximate surface area is 50.3 Å². The molecule has 1 N–H and O–H groups in total. The minimum atomic E-state index is 0.178. The standard InChI is InChI=1S/C6H12NO/c1-6(2,3)4-7-5-8/h4H2,1-3H3,(H,7,8). The highest BCUT2D eigenvalue weighted by Crippen LogP contribution is 2.09. The average molecular weight is 114 g/mol. The zero-order valence-electron chi connectivity index (χ0n) is 5.62. The van der Waals surface area contributed by atoms with Crippen LogP contribution >= 0.6 is 0 Å². The van der Waals surface area contributed by atoms with Gasteiger partial charge >= 0.3 is 6.41 Å². The average Bonchev–Trinajstić information content (AvgIpc) is 1.59. The first-order valence-corrected chi connectivity index (χ1v) is 2.66. The van der Waals surface area contributed by atoms with E-state index in [9.17, 15) is 4.79 Å². The molecule has 0 atom stereocenters. The molecule has 8 heavy (non-hydrogen) atoms. The van der Waals surface area contributed by atoms with Crippen molar-refractivity contribution < 1.29 is 4.79 Å². The van der Waals surface area contributed by atoms with Crippen molar-refractivity contribution >= 4 is 6.41 Å². The summed E-state index contributed by atoms with van der Waals surface area (Å²) in [6.07, 6.45) is 1.62. The summed E-state index contributed by atoms with van der Waals surface area (Å²) in [5.41, 5.74) is 0.178. The first-order chi connectivity index (χ1) is 3.56. The summed E-state index contributed by atoms with van der Waals surface area (Å²) in [5.74, 6) is 0. The Balaban J connectivity index is 3.24. The Morgan fingerprint density at radius 1 is 1.50 bits per heavy atom. The quantitative estimate of drug-likeness (QED) is 0.526. The van der Waals surface area contributed by atoms with Gasteiger partial charge in [0.2, 0.25) is 0 Å². The maximum atomic E-state index is 9.62. The van der Waals surface area contributed by atoms with Crippen LogP contribution in [0.4, 0.5) is 0 Å². The molecule has 0 aromatic heterocycles. The lowest BCUT2D eigenvalue weighted by Gasteiger charge is -2.15. The lowest BCUT2D eigenvalue weighted by Crippen LogP contribution is -2.25. The van der Waals surface area contributed by atoms with Crippen molar-refractivity contribution in [3.05, 3.63) is 0 Å². The molecule has 0 unspecified atom stereocenters. The van der Waals surface area contributed by atoms with Crippen LogP contribution in [0.25, 0.3) is 0 Å². The second-order valence-corrected chi connectivity index (χ2v) is 3.02. The van der Waals surface area contributed by atoms with Crippen molar-refractivity contribution in [2.75, 3.05) is 6.54 Å². The SMILES string of the molecule is CC(C)(C)CN[C]=O. The zero-order valence-corrected chi connectivity index (χ0v) is 5.62. The van der Waals surface area contributed by atoms with E-state index in [0.717, 1.165) is 0 Å². The number of hydrogen-bond acceptors (Lipinski definition) is 1. The highest BCUT2D eigenvalue weighted by Gasteiger charge is 2.07. The van der Waals surface area contributed by atoms with Crippen molar-refractivity contribution in [2.45, 2.75) is 20.8 Å². The summed E-state index contributed by atoms with van der Waals surface area (Å²) in [4.78, 5) is 9.62. The van der Waals surface area contributed by atoms with Gasteiger partial charge in [-0.15, -0.1) is 0 Å². The molecule has 2 nitrogen and oxygen atoms in total. The minimum Gasteiger partial charge on any atom is -0.347 e. The Kier molecular flexibility index (Phi) is 2.52. The first-order valence-electron chi connectivity index (χ1n) is 2.66. The van der Waals surface area contributed by atoms with E-state index in [4.69, 9.17) is 0 Å². The Bertz CT molecular complexity index is 73.1. The predicted molar refractivity (Wildman–Crippen MR) is 33.2 cm³/mol. The molecular formula is C6H12NO. The fourth-order valence-corrected chi connectivity index (χ4v) is 0.301. The van der Waals surface area contributed by atoms with Gasteiger partial charge in [0, 0.05) is 6.54 Å². The molecule has 1 radical (unpaired) electrons. The van der Waals surface area contributed by atoms with Crippen LogP contribution in [-0.2, 0) is 4.79 Å². The van der Waals surface area contributed by atoms with Crippen LogP contribution in [-0.4, -0.2) is 13.0 Å². The second-order valence-electron chi connectivity index (χ2n) is 3.02. The van der Waals surface area contributed by atoms with Crippen LogP contribution in [0.3, 0.4) is 0 Å². The Hall–Kier alpha value is -0.530. The molecule has 0 aromatic carbocycles. The first kappa shape index (κ1) is 7.47. The van der Waals surface area contributed by atoms with E-state index >= 15 is 0 Å². The topological polar surface area (TPSA) is 29.1 Å². The number of carbonyl (C=O) groups excluding carboxylic acids is 1. The normalized spacial score (nSPS) is 10.9. The van der Waals surface area contributed by atoms with Gasteiger partial charge in [-0.05, 0) is 5.41 Å². The number of hydrogen-bond donors (Lipinski definition) is 1. The molecule has 0 heterocycles. The molecule has 47 valence electrons. The van der Waals surface area contributed by atoms with E-state index in [1.807, 2.05) is 0 Å². The fourth-order valence-electron chi connectivity index (χ4n) is 0.301. The van der Waals surface area contributed by atoms with Crippen molar-refractivity contribution in [3.63, 3.8) is 0 Å². The van der Waals surface area contributed by atoms with E-state index in [1.165, 1.54) is 0 Å². The van der Waals surface area contributed by atoms with Crippen LogP contribution in [0.15, 0.2) is 0 Å². The molecule has 2 heteroatoms. The van der Waals surface area contributed by atoms with Gasteiger partial charge in [-0.2, -0.15) is 0 Å². The zero-order chi connectivity index (χ0) is 6.62. The maximum absolute atomic E-state index is 9.62. The molecule has 0 aliphatic heterocycles. The molecule has 0 rings (SSSR count). The molecule has 0 fully saturated rings. The van der Waals surface area contributed by atoms with E-state index in [1.54, 1.807) is 6.41 Å².